The number of benzene rings is 1. The zero-order valence-electron chi connectivity index (χ0n) is 9.44. The molecule has 2 rings (SSSR count). The molecule has 88 valence electrons. The maximum atomic E-state index is 11.0. The van der Waals surface area contributed by atoms with Gasteiger partial charge in [0, 0.05) is 23.2 Å². The van der Waals surface area contributed by atoms with Crippen LogP contribution in [0.1, 0.15) is 23.2 Å². The van der Waals surface area contributed by atoms with Crippen LogP contribution in [0.4, 0.5) is 0 Å². The van der Waals surface area contributed by atoms with E-state index in [-0.39, 0.29) is 5.78 Å². The molecule has 0 unspecified atom stereocenters. The van der Waals surface area contributed by atoms with Crippen LogP contribution in [0, 0.1) is 0 Å². The first-order valence-electron chi connectivity index (χ1n) is 5.30. The number of carbonyl (C=O) groups excluding carboxylic acids is 1. The monoisotopic (exact) mass is 265 g/mol. The molecule has 17 heavy (non-hydrogen) atoms. The first-order valence-corrected chi connectivity index (χ1v) is 6.56. The number of hydrogen-bond acceptors (Lipinski definition) is 3. The van der Waals surface area contributed by atoms with Gasteiger partial charge >= 0.3 is 0 Å². The molecule has 0 bridgehead atoms. The molecule has 0 radical (unpaired) electrons. The maximum absolute atomic E-state index is 11.0. The topological polar surface area (TPSA) is 30.0 Å². The highest BCUT2D eigenvalue weighted by molar-refractivity contribution is 7.09. The standard InChI is InChI=1S/C13H12ClNOS/c1-9(16)5-12-8-17-13(15-12)7-10-3-2-4-11(14)6-10/h2-4,6,8H,5,7H2,1H3. The Bertz CT molecular complexity index is 536. The molecule has 1 aromatic carbocycles. The highest BCUT2D eigenvalue weighted by Crippen LogP contribution is 2.17. The number of hydrogen-bond donors (Lipinski definition) is 0. The molecule has 0 saturated carbocycles. The minimum atomic E-state index is 0.143. The fourth-order valence-electron chi connectivity index (χ4n) is 1.59. The van der Waals surface area contributed by atoms with Crippen LogP contribution in [0.3, 0.4) is 0 Å². The first-order chi connectivity index (χ1) is 8.13. The lowest BCUT2D eigenvalue weighted by atomic mass is 10.2. The van der Waals surface area contributed by atoms with Gasteiger partial charge in [-0.15, -0.1) is 11.3 Å². The fourth-order valence-corrected chi connectivity index (χ4v) is 2.63. The average molecular weight is 266 g/mol. The van der Waals surface area contributed by atoms with Gasteiger partial charge < -0.3 is 0 Å². The number of halogens is 1. The molecule has 0 spiro atoms. The molecule has 1 aromatic heterocycles. The summed E-state index contributed by atoms with van der Waals surface area (Å²) in [5.41, 5.74) is 2.00. The van der Waals surface area contributed by atoms with Gasteiger partial charge in [-0.3, -0.25) is 4.79 Å². The summed E-state index contributed by atoms with van der Waals surface area (Å²) in [5, 5.41) is 3.70. The van der Waals surface area contributed by atoms with Crippen LogP contribution in [-0.4, -0.2) is 10.8 Å². The van der Waals surface area contributed by atoms with Gasteiger partial charge in [0.05, 0.1) is 10.7 Å². The van der Waals surface area contributed by atoms with E-state index < -0.39 is 0 Å². The number of Topliss-reactive ketones (excluding diaryl/α,β-unsaturated/α-hetero) is 1. The van der Waals surface area contributed by atoms with Gasteiger partial charge in [0.25, 0.3) is 0 Å². The quantitative estimate of drug-likeness (QED) is 0.847. The highest BCUT2D eigenvalue weighted by Gasteiger charge is 2.05. The van der Waals surface area contributed by atoms with Crippen molar-refractivity contribution in [3.63, 3.8) is 0 Å². The maximum Gasteiger partial charge on any atom is 0.135 e. The molecule has 2 aromatic rings. The third kappa shape index (κ3) is 3.65. The summed E-state index contributed by atoms with van der Waals surface area (Å²) >= 11 is 7.51. The van der Waals surface area contributed by atoms with Crippen LogP contribution in [0.2, 0.25) is 5.02 Å². The van der Waals surface area contributed by atoms with Crippen molar-refractivity contribution in [1.29, 1.82) is 0 Å². The van der Waals surface area contributed by atoms with Crippen molar-refractivity contribution in [3.8, 4) is 0 Å². The molecule has 0 aliphatic rings. The zero-order valence-corrected chi connectivity index (χ0v) is 11.0. The Morgan fingerprint density at radius 2 is 2.29 bits per heavy atom. The predicted octanol–water partition coefficient (Wildman–Crippen LogP) is 3.52. The lowest BCUT2D eigenvalue weighted by Crippen LogP contribution is -1.97. The van der Waals surface area contributed by atoms with Gasteiger partial charge in [-0.2, -0.15) is 0 Å². The van der Waals surface area contributed by atoms with Crippen molar-refractivity contribution in [3.05, 3.63) is 50.9 Å². The largest absolute Gasteiger partial charge is 0.300 e. The Hall–Kier alpha value is -1.19. The Kier molecular flexibility index (Phi) is 3.92. The van der Waals surface area contributed by atoms with Gasteiger partial charge in [0.2, 0.25) is 0 Å². The van der Waals surface area contributed by atoms with Crippen molar-refractivity contribution in [2.75, 3.05) is 0 Å². The van der Waals surface area contributed by atoms with Crippen molar-refractivity contribution in [1.82, 2.24) is 4.98 Å². The highest BCUT2D eigenvalue weighted by atomic mass is 35.5. The minimum absolute atomic E-state index is 0.143. The summed E-state index contributed by atoms with van der Waals surface area (Å²) in [6.45, 7) is 1.58. The molecule has 0 aliphatic heterocycles. The Labute approximate surface area is 109 Å². The van der Waals surface area contributed by atoms with E-state index in [0.717, 1.165) is 27.7 Å². The van der Waals surface area contributed by atoms with Crippen molar-refractivity contribution < 1.29 is 4.79 Å². The number of nitrogens with zero attached hydrogens (tertiary/aromatic N) is 1. The second-order valence-corrected chi connectivity index (χ2v) is 5.30. The summed E-state index contributed by atoms with van der Waals surface area (Å²) < 4.78 is 0. The van der Waals surface area contributed by atoms with Crippen molar-refractivity contribution in [2.45, 2.75) is 19.8 Å². The fraction of sp³-hybridized carbons (Fsp3) is 0.231. The van der Waals surface area contributed by atoms with E-state index >= 15 is 0 Å². The molecule has 4 heteroatoms. The molecular formula is C13H12ClNOS. The van der Waals surface area contributed by atoms with E-state index in [1.54, 1.807) is 18.3 Å². The third-order valence-corrected chi connectivity index (χ3v) is 3.41. The molecule has 0 saturated heterocycles. The van der Waals surface area contributed by atoms with Gasteiger partial charge in [0.15, 0.2) is 0 Å². The van der Waals surface area contributed by atoms with Crippen LogP contribution >= 0.6 is 22.9 Å². The lowest BCUT2D eigenvalue weighted by Gasteiger charge is -1.98. The van der Waals surface area contributed by atoms with Gasteiger partial charge in [-0.25, -0.2) is 4.98 Å². The molecule has 0 N–H and O–H groups in total. The second kappa shape index (κ2) is 5.43. The Morgan fingerprint density at radius 1 is 1.47 bits per heavy atom. The number of ketones is 1. The summed E-state index contributed by atoms with van der Waals surface area (Å²) in [6.07, 6.45) is 1.19. The Balaban J connectivity index is 2.08. The molecule has 2 nitrogen and oxygen atoms in total. The number of rotatable bonds is 4. The molecular weight excluding hydrogens is 254 g/mol. The van der Waals surface area contributed by atoms with Crippen LogP contribution in [0.25, 0.3) is 0 Å². The van der Waals surface area contributed by atoms with E-state index in [4.69, 9.17) is 11.6 Å². The SMILES string of the molecule is CC(=O)Cc1csc(Cc2cccc(Cl)c2)n1. The Morgan fingerprint density at radius 3 is 3.00 bits per heavy atom. The molecule has 0 amide bonds. The van der Waals surface area contributed by atoms with E-state index in [1.165, 1.54) is 0 Å². The van der Waals surface area contributed by atoms with E-state index in [0.29, 0.717) is 6.42 Å². The van der Waals surface area contributed by atoms with E-state index in [9.17, 15) is 4.79 Å². The first kappa shape index (κ1) is 12.3. The van der Waals surface area contributed by atoms with E-state index in [1.807, 2.05) is 29.6 Å². The zero-order chi connectivity index (χ0) is 12.3. The van der Waals surface area contributed by atoms with Crippen LogP contribution in [-0.2, 0) is 17.6 Å². The summed E-state index contributed by atoms with van der Waals surface area (Å²) in [6, 6.07) is 7.75. The number of thiazole rings is 1. The third-order valence-electron chi connectivity index (χ3n) is 2.27. The smallest absolute Gasteiger partial charge is 0.135 e. The number of aromatic nitrogens is 1. The molecule has 0 fully saturated rings. The number of carbonyl (C=O) groups is 1. The molecule has 0 atom stereocenters. The van der Waals surface area contributed by atoms with E-state index in [2.05, 4.69) is 4.98 Å². The van der Waals surface area contributed by atoms with Crippen molar-refractivity contribution in [2.24, 2.45) is 0 Å². The summed E-state index contributed by atoms with van der Waals surface area (Å²) in [4.78, 5) is 15.4. The predicted molar refractivity (Wildman–Crippen MR) is 70.8 cm³/mol. The molecule has 0 aliphatic carbocycles. The van der Waals surface area contributed by atoms with Crippen molar-refractivity contribution >= 4 is 28.7 Å². The van der Waals surface area contributed by atoms with Crippen LogP contribution < -0.4 is 0 Å². The van der Waals surface area contributed by atoms with Gasteiger partial charge in [-0.05, 0) is 24.6 Å². The summed E-state index contributed by atoms with van der Waals surface area (Å²) in [5.74, 6) is 0.143. The second-order valence-electron chi connectivity index (χ2n) is 3.92. The average Bonchev–Trinajstić information content (AvgIpc) is 2.64. The van der Waals surface area contributed by atoms with Gasteiger partial charge in [-0.1, -0.05) is 23.7 Å². The summed E-state index contributed by atoms with van der Waals surface area (Å²) in [7, 11) is 0. The normalized spacial score (nSPS) is 10.5. The van der Waals surface area contributed by atoms with Gasteiger partial charge in [0.1, 0.15) is 5.78 Å². The minimum Gasteiger partial charge on any atom is -0.300 e. The van der Waals surface area contributed by atoms with Crippen LogP contribution in [0.5, 0.6) is 0 Å². The lowest BCUT2D eigenvalue weighted by molar-refractivity contribution is -0.116. The molecule has 1 heterocycles. The van der Waals surface area contributed by atoms with Crippen LogP contribution in [0.15, 0.2) is 29.6 Å².